The summed E-state index contributed by atoms with van der Waals surface area (Å²) in [6, 6.07) is 5.55. The van der Waals surface area contributed by atoms with Crippen LogP contribution in [0.25, 0.3) is 10.1 Å². The molecule has 0 saturated heterocycles. The van der Waals surface area contributed by atoms with E-state index < -0.39 is 0 Å². The first-order valence-corrected chi connectivity index (χ1v) is 4.55. The Kier molecular flexibility index (Phi) is 1.98. The van der Waals surface area contributed by atoms with Gasteiger partial charge in [-0.15, -0.1) is 0 Å². The lowest BCUT2D eigenvalue weighted by Crippen LogP contribution is -1.97. The molecule has 1 aromatic carbocycles. The number of aromatic nitrogens is 1. The summed E-state index contributed by atoms with van der Waals surface area (Å²) in [5, 5.41) is 0.934. The van der Waals surface area contributed by atoms with Crippen molar-refractivity contribution in [3.8, 4) is 5.75 Å². The van der Waals surface area contributed by atoms with Gasteiger partial charge < -0.3 is 4.74 Å². The Bertz CT molecular complexity index is 492. The van der Waals surface area contributed by atoms with Crippen LogP contribution >= 0.6 is 11.3 Å². The van der Waals surface area contributed by atoms with Crippen molar-refractivity contribution < 1.29 is 4.74 Å². The Morgan fingerprint density at radius 3 is 3.08 bits per heavy atom. The minimum atomic E-state index is -0.169. The fourth-order valence-electron chi connectivity index (χ4n) is 1.09. The maximum Gasteiger partial charge on any atom is 0.326 e. The van der Waals surface area contributed by atoms with Crippen molar-refractivity contribution in [1.82, 2.24) is 4.98 Å². The van der Waals surface area contributed by atoms with Crippen molar-refractivity contribution in [3.05, 3.63) is 34.1 Å². The molecule has 2 rings (SSSR count). The molecule has 0 spiro atoms. The van der Waals surface area contributed by atoms with Gasteiger partial charge >= 0.3 is 4.87 Å². The maximum atomic E-state index is 10.9. The molecule has 0 N–H and O–H groups in total. The van der Waals surface area contributed by atoms with Crippen LogP contribution in [0, 0.1) is 0 Å². The molecule has 4 heteroatoms. The van der Waals surface area contributed by atoms with Crippen molar-refractivity contribution in [2.24, 2.45) is 0 Å². The number of rotatable bonds is 1. The summed E-state index contributed by atoms with van der Waals surface area (Å²) in [5.41, 5.74) is 0. The van der Waals surface area contributed by atoms with Gasteiger partial charge in [0.05, 0.1) is 7.11 Å². The molecular weight excluding hydrogens is 186 g/mol. The van der Waals surface area contributed by atoms with E-state index in [0.29, 0.717) is 0 Å². The van der Waals surface area contributed by atoms with Gasteiger partial charge in [0.2, 0.25) is 0 Å². The third-order valence-corrected chi connectivity index (χ3v) is 2.59. The predicted molar refractivity (Wildman–Crippen MR) is 52.4 cm³/mol. The van der Waals surface area contributed by atoms with Crippen LogP contribution in [0.4, 0.5) is 0 Å². The van der Waals surface area contributed by atoms with E-state index in [2.05, 4.69) is 4.98 Å². The van der Waals surface area contributed by atoms with E-state index in [9.17, 15) is 4.79 Å². The SMILES string of the molecule is COc1ccc2sc(=O)ncc2c1. The van der Waals surface area contributed by atoms with Crippen molar-refractivity contribution >= 4 is 21.4 Å². The van der Waals surface area contributed by atoms with Crippen LogP contribution in [0.15, 0.2) is 29.2 Å². The highest BCUT2D eigenvalue weighted by Gasteiger charge is 1.97. The lowest BCUT2D eigenvalue weighted by atomic mass is 10.3. The molecule has 0 aliphatic rings. The summed E-state index contributed by atoms with van der Waals surface area (Å²) in [6.45, 7) is 0. The third-order valence-electron chi connectivity index (χ3n) is 1.72. The zero-order valence-corrected chi connectivity index (χ0v) is 7.80. The summed E-state index contributed by atoms with van der Waals surface area (Å²) < 4.78 is 5.98. The molecule has 0 fully saturated rings. The number of hydrogen-bond acceptors (Lipinski definition) is 4. The Labute approximate surface area is 78.6 Å². The fraction of sp³-hybridized carbons (Fsp3) is 0.111. The Morgan fingerprint density at radius 1 is 1.46 bits per heavy atom. The van der Waals surface area contributed by atoms with Gasteiger partial charge in [-0.3, -0.25) is 4.79 Å². The molecule has 0 atom stereocenters. The van der Waals surface area contributed by atoms with Gasteiger partial charge in [-0.05, 0) is 18.2 Å². The molecule has 2 aromatic rings. The quantitative estimate of drug-likeness (QED) is 0.691. The highest BCUT2D eigenvalue weighted by molar-refractivity contribution is 7.15. The molecule has 0 aliphatic carbocycles. The molecule has 3 nitrogen and oxygen atoms in total. The van der Waals surface area contributed by atoms with Gasteiger partial charge in [0.1, 0.15) is 5.75 Å². The monoisotopic (exact) mass is 193 g/mol. The number of benzene rings is 1. The zero-order chi connectivity index (χ0) is 9.26. The molecule has 1 heterocycles. The standard InChI is InChI=1S/C9H7NO2S/c1-12-7-2-3-8-6(4-7)5-10-9(11)13-8/h2-5H,1H3. The van der Waals surface area contributed by atoms with E-state index >= 15 is 0 Å². The van der Waals surface area contributed by atoms with Crippen LogP contribution in [0.2, 0.25) is 0 Å². The van der Waals surface area contributed by atoms with E-state index in [0.717, 1.165) is 27.2 Å². The van der Waals surface area contributed by atoms with Gasteiger partial charge in [0.25, 0.3) is 0 Å². The van der Waals surface area contributed by atoms with Gasteiger partial charge in [-0.2, -0.15) is 0 Å². The highest BCUT2D eigenvalue weighted by atomic mass is 32.1. The lowest BCUT2D eigenvalue weighted by molar-refractivity contribution is 0.415. The highest BCUT2D eigenvalue weighted by Crippen LogP contribution is 2.20. The minimum absolute atomic E-state index is 0.169. The van der Waals surface area contributed by atoms with Crippen LogP contribution in [-0.2, 0) is 0 Å². The van der Waals surface area contributed by atoms with E-state index in [4.69, 9.17) is 4.74 Å². The zero-order valence-electron chi connectivity index (χ0n) is 6.98. The van der Waals surface area contributed by atoms with Crippen LogP contribution in [0.1, 0.15) is 0 Å². The van der Waals surface area contributed by atoms with E-state index in [1.54, 1.807) is 13.3 Å². The maximum absolute atomic E-state index is 10.9. The first kappa shape index (κ1) is 8.19. The second-order valence-corrected chi connectivity index (χ2v) is 3.52. The second kappa shape index (κ2) is 3.14. The van der Waals surface area contributed by atoms with Gasteiger partial charge in [-0.1, -0.05) is 11.3 Å². The average molecular weight is 193 g/mol. The van der Waals surface area contributed by atoms with E-state index in [-0.39, 0.29) is 4.87 Å². The summed E-state index contributed by atoms with van der Waals surface area (Å²) >= 11 is 1.14. The molecule has 1 aromatic heterocycles. The number of methoxy groups -OCH3 is 1. The summed E-state index contributed by atoms with van der Waals surface area (Å²) in [7, 11) is 1.61. The fourth-order valence-corrected chi connectivity index (χ4v) is 1.75. The molecule has 0 bridgehead atoms. The molecular formula is C9H7NO2S. The van der Waals surface area contributed by atoms with Crippen molar-refractivity contribution in [1.29, 1.82) is 0 Å². The van der Waals surface area contributed by atoms with Crippen LogP contribution in [0.5, 0.6) is 5.75 Å². The molecule has 13 heavy (non-hydrogen) atoms. The molecule has 0 aliphatic heterocycles. The second-order valence-electron chi connectivity index (χ2n) is 2.53. The number of nitrogens with zero attached hydrogens (tertiary/aromatic N) is 1. The van der Waals surface area contributed by atoms with Crippen molar-refractivity contribution in [3.63, 3.8) is 0 Å². The first-order valence-electron chi connectivity index (χ1n) is 3.73. The Hall–Kier alpha value is -1.42. The molecule has 66 valence electrons. The van der Waals surface area contributed by atoms with E-state index in [1.165, 1.54) is 0 Å². The van der Waals surface area contributed by atoms with Gasteiger partial charge in [0, 0.05) is 16.3 Å². The van der Waals surface area contributed by atoms with Gasteiger partial charge in [0.15, 0.2) is 0 Å². The lowest BCUT2D eigenvalue weighted by Gasteiger charge is -1.99. The molecule has 0 radical (unpaired) electrons. The number of hydrogen-bond donors (Lipinski definition) is 0. The summed E-state index contributed by atoms with van der Waals surface area (Å²) in [5.74, 6) is 0.778. The Balaban J connectivity index is 2.73. The average Bonchev–Trinajstić information content (AvgIpc) is 2.17. The predicted octanol–water partition coefficient (Wildman–Crippen LogP) is 1.67. The molecule has 0 saturated carbocycles. The number of fused-ring (bicyclic) bond motifs is 1. The van der Waals surface area contributed by atoms with Crippen molar-refractivity contribution in [2.45, 2.75) is 0 Å². The molecule has 0 amide bonds. The first-order chi connectivity index (χ1) is 6.29. The van der Waals surface area contributed by atoms with E-state index in [1.807, 2.05) is 18.2 Å². The molecule has 0 unspecified atom stereocenters. The topological polar surface area (TPSA) is 39.2 Å². The van der Waals surface area contributed by atoms with Crippen molar-refractivity contribution in [2.75, 3.05) is 7.11 Å². The van der Waals surface area contributed by atoms with Crippen LogP contribution in [-0.4, -0.2) is 12.1 Å². The number of ether oxygens (including phenoxy) is 1. The largest absolute Gasteiger partial charge is 0.497 e. The van der Waals surface area contributed by atoms with Crippen LogP contribution in [0.3, 0.4) is 0 Å². The Morgan fingerprint density at radius 2 is 2.31 bits per heavy atom. The third kappa shape index (κ3) is 1.53. The summed E-state index contributed by atoms with van der Waals surface area (Å²) in [4.78, 5) is 14.4. The van der Waals surface area contributed by atoms with Gasteiger partial charge in [-0.25, -0.2) is 4.98 Å². The normalized spacial score (nSPS) is 10.2. The minimum Gasteiger partial charge on any atom is -0.497 e. The smallest absolute Gasteiger partial charge is 0.326 e. The summed E-state index contributed by atoms with van der Waals surface area (Å²) in [6.07, 6.45) is 1.57. The van der Waals surface area contributed by atoms with Crippen LogP contribution < -0.4 is 9.61 Å².